The number of carboxylic acids is 1. The van der Waals surface area contributed by atoms with Gasteiger partial charge in [-0.05, 0) is 19.8 Å². The van der Waals surface area contributed by atoms with Crippen LogP contribution in [0.1, 0.15) is 49.8 Å². The van der Waals surface area contributed by atoms with E-state index in [0.29, 0.717) is 29.9 Å². The molecule has 0 spiro atoms. The van der Waals surface area contributed by atoms with Gasteiger partial charge in [0.1, 0.15) is 0 Å². The number of aliphatic carboxylic acids is 1. The molecule has 0 saturated carbocycles. The van der Waals surface area contributed by atoms with Gasteiger partial charge in [0.15, 0.2) is 5.65 Å². The smallest absolute Gasteiger partial charge is 0.303 e. The molecule has 2 aromatic rings. The third kappa shape index (κ3) is 5.44. The fourth-order valence-electron chi connectivity index (χ4n) is 2.69. The Morgan fingerprint density at radius 2 is 1.96 bits per heavy atom. The zero-order valence-corrected chi connectivity index (χ0v) is 14.4. The summed E-state index contributed by atoms with van der Waals surface area (Å²) in [4.78, 5) is 39.1. The molecule has 0 aromatic carbocycles. The van der Waals surface area contributed by atoms with E-state index in [9.17, 15) is 14.4 Å². The minimum atomic E-state index is -0.759. The first-order valence-corrected chi connectivity index (χ1v) is 8.53. The van der Waals surface area contributed by atoms with E-state index in [4.69, 9.17) is 5.11 Å². The summed E-state index contributed by atoms with van der Waals surface area (Å²) in [5, 5.41) is 14.1. The van der Waals surface area contributed by atoms with E-state index in [0.717, 1.165) is 25.7 Å². The Balaban J connectivity index is 1.72. The van der Waals surface area contributed by atoms with Crippen molar-refractivity contribution in [2.75, 3.05) is 6.54 Å². The summed E-state index contributed by atoms with van der Waals surface area (Å²) in [6.45, 7) is 2.28. The van der Waals surface area contributed by atoms with Gasteiger partial charge in [0.2, 0.25) is 5.91 Å². The fraction of sp³-hybridized carbons (Fsp3) is 0.529. The summed E-state index contributed by atoms with van der Waals surface area (Å²) in [6.07, 6.45) is 6.17. The molecule has 1 amide bonds. The highest BCUT2D eigenvalue weighted by Crippen LogP contribution is 2.06. The van der Waals surface area contributed by atoms with Gasteiger partial charge in [0.25, 0.3) is 5.56 Å². The van der Waals surface area contributed by atoms with E-state index in [1.54, 1.807) is 19.2 Å². The van der Waals surface area contributed by atoms with Gasteiger partial charge in [0.05, 0.1) is 6.42 Å². The molecule has 25 heavy (non-hydrogen) atoms. The number of hydrogen-bond donors (Lipinski definition) is 3. The van der Waals surface area contributed by atoms with Crippen molar-refractivity contribution in [3.05, 3.63) is 33.9 Å². The van der Waals surface area contributed by atoms with Crippen LogP contribution in [0.2, 0.25) is 0 Å². The first-order chi connectivity index (χ1) is 12.0. The number of aromatic amines is 1. The van der Waals surface area contributed by atoms with Crippen LogP contribution in [0.25, 0.3) is 5.65 Å². The average molecular weight is 348 g/mol. The quantitative estimate of drug-likeness (QED) is 0.561. The van der Waals surface area contributed by atoms with Crippen molar-refractivity contribution in [2.24, 2.45) is 0 Å². The number of rotatable bonds is 10. The van der Waals surface area contributed by atoms with Crippen LogP contribution in [-0.2, 0) is 16.0 Å². The van der Waals surface area contributed by atoms with Gasteiger partial charge < -0.3 is 10.4 Å². The first-order valence-electron chi connectivity index (χ1n) is 8.53. The van der Waals surface area contributed by atoms with E-state index < -0.39 is 5.97 Å². The van der Waals surface area contributed by atoms with Gasteiger partial charge in [-0.15, -0.1) is 0 Å². The SMILES string of the molecule is Cc1nc2cc[nH]n2c(=O)c1CC(=O)NCCCCCCCC(=O)O. The van der Waals surface area contributed by atoms with Crippen molar-refractivity contribution >= 4 is 17.5 Å². The van der Waals surface area contributed by atoms with Gasteiger partial charge in [-0.3, -0.25) is 19.5 Å². The maximum Gasteiger partial charge on any atom is 0.303 e. The van der Waals surface area contributed by atoms with Crippen molar-refractivity contribution in [3.8, 4) is 0 Å². The van der Waals surface area contributed by atoms with E-state index in [1.165, 1.54) is 4.52 Å². The van der Waals surface area contributed by atoms with E-state index in [1.807, 2.05) is 0 Å². The van der Waals surface area contributed by atoms with Gasteiger partial charge in [0, 0.05) is 36.5 Å². The summed E-state index contributed by atoms with van der Waals surface area (Å²) in [6, 6.07) is 1.70. The van der Waals surface area contributed by atoms with Gasteiger partial charge in [-0.2, -0.15) is 0 Å². The Morgan fingerprint density at radius 3 is 2.72 bits per heavy atom. The molecular weight excluding hydrogens is 324 g/mol. The van der Waals surface area contributed by atoms with E-state index in [2.05, 4.69) is 15.4 Å². The number of nitrogens with one attached hydrogen (secondary N) is 2. The van der Waals surface area contributed by atoms with Gasteiger partial charge >= 0.3 is 5.97 Å². The predicted octanol–water partition coefficient (Wildman–Crippen LogP) is 1.41. The monoisotopic (exact) mass is 348 g/mol. The number of nitrogens with zero attached hydrogens (tertiary/aromatic N) is 2. The molecule has 0 aliphatic heterocycles. The van der Waals surface area contributed by atoms with Gasteiger partial charge in [-0.1, -0.05) is 19.3 Å². The number of carbonyl (C=O) groups is 2. The van der Waals surface area contributed by atoms with Crippen molar-refractivity contribution in [1.29, 1.82) is 0 Å². The molecule has 0 aliphatic rings. The maximum absolute atomic E-state index is 12.3. The molecular formula is C17H24N4O4. The molecule has 2 rings (SSSR count). The summed E-state index contributed by atoms with van der Waals surface area (Å²) in [7, 11) is 0. The van der Waals surface area contributed by atoms with E-state index in [-0.39, 0.29) is 24.3 Å². The molecule has 8 nitrogen and oxygen atoms in total. The summed E-state index contributed by atoms with van der Waals surface area (Å²) < 4.78 is 1.33. The second-order valence-corrected chi connectivity index (χ2v) is 6.08. The minimum Gasteiger partial charge on any atom is -0.481 e. The Kier molecular flexibility index (Phi) is 6.73. The number of hydrogen-bond acceptors (Lipinski definition) is 4. The molecule has 8 heteroatoms. The van der Waals surface area contributed by atoms with Crippen molar-refractivity contribution < 1.29 is 14.7 Å². The second-order valence-electron chi connectivity index (χ2n) is 6.08. The van der Waals surface area contributed by atoms with Crippen molar-refractivity contribution in [1.82, 2.24) is 19.9 Å². The number of carbonyl (C=O) groups excluding carboxylic acids is 1. The predicted molar refractivity (Wildman–Crippen MR) is 92.6 cm³/mol. The second kappa shape index (κ2) is 9.00. The molecule has 2 aromatic heterocycles. The lowest BCUT2D eigenvalue weighted by atomic mass is 10.1. The lowest BCUT2D eigenvalue weighted by Gasteiger charge is -2.07. The third-order valence-corrected chi connectivity index (χ3v) is 4.07. The molecule has 0 unspecified atom stereocenters. The summed E-state index contributed by atoms with van der Waals surface area (Å²) >= 11 is 0. The normalized spacial score (nSPS) is 10.9. The largest absolute Gasteiger partial charge is 0.481 e. The zero-order valence-electron chi connectivity index (χ0n) is 14.4. The molecule has 2 heterocycles. The highest BCUT2D eigenvalue weighted by molar-refractivity contribution is 5.78. The van der Waals surface area contributed by atoms with Crippen LogP contribution < -0.4 is 10.9 Å². The van der Waals surface area contributed by atoms with E-state index >= 15 is 0 Å². The highest BCUT2D eigenvalue weighted by atomic mass is 16.4. The van der Waals surface area contributed by atoms with Crippen LogP contribution in [-0.4, -0.2) is 38.1 Å². The van der Waals surface area contributed by atoms with Crippen molar-refractivity contribution in [3.63, 3.8) is 0 Å². The average Bonchev–Trinajstić information content (AvgIpc) is 3.02. The molecule has 0 aliphatic carbocycles. The summed E-state index contributed by atoms with van der Waals surface area (Å²) in [5.74, 6) is -0.954. The molecule has 136 valence electrons. The number of H-pyrrole nitrogens is 1. The van der Waals surface area contributed by atoms with Crippen LogP contribution >= 0.6 is 0 Å². The number of fused-ring (bicyclic) bond motifs is 1. The van der Waals surface area contributed by atoms with Crippen LogP contribution in [0.4, 0.5) is 0 Å². The molecule has 0 radical (unpaired) electrons. The Morgan fingerprint density at radius 1 is 1.24 bits per heavy atom. The lowest BCUT2D eigenvalue weighted by Crippen LogP contribution is -2.31. The highest BCUT2D eigenvalue weighted by Gasteiger charge is 2.13. The van der Waals surface area contributed by atoms with Crippen LogP contribution in [0.5, 0.6) is 0 Å². The number of carboxylic acid groups (broad SMARTS) is 1. The van der Waals surface area contributed by atoms with Crippen molar-refractivity contribution in [2.45, 2.75) is 51.9 Å². The zero-order chi connectivity index (χ0) is 18.2. The molecule has 0 bridgehead atoms. The topological polar surface area (TPSA) is 117 Å². The maximum atomic E-state index is 12.3. The molecule has 0 fully saturated rings. The van der Waals surface area contributed by atoms with Crippen LogP contribution in [0, 0.1) is 6.92 Å². The summed E-state index contributed by atoms with van der Waals surface area (Å²) in [5.41, 5.74) is 1.25. The Labute approximate surface area is 145 Å². The molecule has 3 N–H and O–H groups in total. The minimum absolute atomic E-state index is 0.0121. The molecule has 0 atom stereocenters. The fourth-order valence-corrected chi connectivity index (χ4v) is 2.69. The molecule has 0 saturated heterocycles. The number of aromatic nitrogens is 3. The first kappa shape index (κ1) is 18.7. The Bertz CT molecular complexity index is 794. The number of aryl methyl sites for hydroxylation is 1. The standard InChI is InChI=1S/C17H24N4O4/c1-12-13(17(25)21-14(20-12)8-10-19-21)11-15(22)18-9-6-4-2-3-5-7-16(23)24/h8,10,19H,2-7,9,11H2,1H3,(H,18,22)(H,23,24). The van der Waals surface area contributed by atoms with Crippen LogP contribution in [0.15, 0.2) is 17.1 Å². The number of unbranched alkanes of at least 4 members (excludes halogenated alkanes) is 4. The number of amides is 1. The third-order valence-electron chi connectivity index (χ3n) is 4.07. The lowest BCUT2D eigenvalue weighted by molar-refractivity contribution is -0.137. The van der Waals surface area contributed by atoms with Crippen LogP contribution in [0.3, 0.4) is 0 Å². The van der Waals surface area contributed by atoms with Gasteiger partial charge in [-0.25, -0.2) is 9.50 Å². The Hall–Kier alpha value is -2.64.